The summed E-state index contributed by atoms with van der Waals surface area (Å²) in [5.74, 6) is 1.00. The summed E-state index contributed by atoms with van der Waals surface area (Å²) in [6.07, 6.45) is 2.86. The number of aryl methyl sites for hydroxylation is 1. The van der Waals surface area contributed by atoms with Gasteiger partial charge in [-0.3, -0.25) is 4.98 Å². The van der Waals surface area contributed by atoms with Crippen molar-refractivity contribution in [2.75, 3.05) is 13.2 Å². The van der Waals surface area contributed by atoms with Gasteiger partial charge >= 0.3 is 5.97 Å². The Hall–Kier alpha value is -2.88. The molecule has 3 aromatic rings. The number of benzene rings is 2. The van der Waals surface area contributed by atoms with E-state index in [4.69, 9.17) is 14.5 Å². The number of carbonyl (C=O) groups is 1. The van der Waals surface area contributed by atoms with Crippen molar-refractivity contribution in [3.8, 4) is 5.75 Å². The van der Waals surface area contributed by atoms with Gasteiger partial charge in [0.1, 0.15) is 19.0 Å². The maximum Gasteiger partial charge on any atom is 0.339 e. The van der Waals surface area contributed by atoms with Gasteiger partial charge < -0.3 is 9.47 Å². The number of fused-ring (bicyclic) bond motifs is 2. The van der Waals surface area contributed by atoms with Crippen LogP contribution in [0.5, 0.6) is 5.75 Å². The Morgan fingerprint density at radius 2 is 1.77 bits per heavy atom. The SMILES string of the molecule is CC(C)(C)C1CCc2nc3ccccc3c(C(=O)OCCOc3ccccc3)c2C1. The van der Waals surface area contributed by atoms with Crippen LogP contribution in [0.25, 0.3) is 10.9 Å². The highest BCUT2D eigenvalue weighted by molar-refractivity contribution is 6.05. The zero-order chi connectivity index (χ0) is 21.1. The van der Waals surface area contributed by atoms with Crippen LogP contribution in [0.1, 0.15) is 48.8 Å². The summed E-state index contributed by atoms with van der Waals surface area (Å²) < 4.78 is 11.3. The molecule has 4 rings (SSSR count). The monoisotopic (exact) mass is 403 g/mol. The number of hydrogen-bond donors (Lipinski definition) is 0. The number of hydrogen-bond acceptors (Lipinski definition) is 4. The average Bonchev–Trinajstić information content (AvgIpc) is 2.74. The topological polar surface area (TPSA) is 48.4 Å². The third kappa shape index (κ3) is 4.33. The highest BCUT2D eigenvalue weighted by Crippen LogP contribution is 2.39. The van der Waals surface area contributed by atoms with Gasteiger partial charge in [-0.2, -0.15) is 0 Å². The summed E-state index contributed by atoms with van der Waals surface area (Å²) >= 11 is 0. The first kappa shape index (κ1) is 20.4. The lowest BCUT2D eigenvalue weighted by Gasteiger charge is -2.35. The highest BCUT2D eigenvalue weighted by atomic mass is 16.6. The third-order valence-corrected chi connectivity index (χ3v) is 6.02. The normalized spacial score (nSPS) is 16.2. The number of ether oxygens (including phenoxy) is 2. The Morgan fingerprint density at radius 1 is 1.03 bits per heavy atom. The molecule has 4 heteroatoms. The van der Waals surface area contributed by atoms with Gasteiger partial charge in [-0.25, -0.2) is 4.79 Å². The first-order valence-electron chi connectivity index (χ1n) is 10.7. The molecule has 0 amide bonds. The zero-order valence-corrected chi connectivity index (χ0v) is 18.0. The Bertz CT molecular complexity index is 1040. The fourth-order valence-corrected chi connectivity index (χ4v) is 4.24. The summed E-state index contributed by atoms with van der Waals surface area (Å²) in [5.41, 5.74) is 3.84. The van der Waals surface area contributed by atoms with Crippen LogP contribution in [0.2, 0.25) is 0 Å². The molecule has 0 N–H and O–H groups in total. The fraction of sp³-hybridized carbons (Fsp3) is 0.385. The number of esters is 1. The minimum atomic E-state index is -0.281. The molecule has 1 aliphatic carbocycles. The quantitative estimate of drug-likeness (QED) is 0.410. The molecule has 1 unspecified atom stereocenters. The van der Waals surface area contributed by atoms with Crippen LogP contribution in [0.4, 0.5) is 0 Å². The molecule has 0 spiro atoms. The molecule has 1 atom stereocenters. The molecule has 0 bridgehead atoms. The maximum absolute atomic E-state index is 13.2. The number of nitrogens with zero attached hydrogens (tertiary/aromatic N) is 1. The minimum absolute atomic E-state index is 0.189. The van der Waals surface area contributed by atoms with Crippen molar-refractivity contribution in [3.05, 3.63) is 71.4 Å². The van der Waals surface area contributed by atoms with E-state index in [-0.39, 0.29) is 18.0 Å². The molecule has 1 aliphatic rings. The van der Waals surface area contributed by atoms with Gasteiger partial charge in [0.25, 0.3) is 0 Å². The van der Waals surface area contributed by atoms with Crippen LogP contribution >= 0.6 is 0 Å². The van der Waals surface area contributed by atoms with Gasteiger partial charge in [-0.05, 0) is 54.4 Å². The molecule has 0 fully saturated rings. The molecular weight excluding hydrogens is 374 g/mol. The molecule has 1 aromatic heterocycles. The van der Waals surface area contributed by atoms with Gasteiger partial charge in [0.2, 0.25) is 0 Å². The maximum atomic E-state index is 13.2. The van der Waals surface area contributed by atoms with E-state index in [0.717, 1.165) is 47.2 Å². The van der Waals surface area contributed by atoms with Gasteiger partial charge in [-0.1, -0.05) is 57.2 Å². The number of carbonyl (C=O) groups excluding carboxylic acids is 1. The summed E-state index contributed by atoms with van der Waals surface area (Å²) in [6.45, 7) is 7.36. The van der Waals surface area contributed by atoms with Crippen LogP contribution in [0.3, 0.4) is 0 Å². The van der Waals surface area contributed by atoms with E-state index >= 15 is 0 Å². The number of rotatable bonds is 5. The van der Waals surface area contributed by atoms with Crippen LogP contribution in [-0.4, -0.2) is 24.2 Å². The zero-order valence-electron chi connectivity index (χ0n) is 18.0. The van der Waals surface area contributed by atoms with Gasteiger partial charge in [0.15, 0.2) is 0 Å². The Kier molecular flexibility index (Phi) is 5.76. The Morgan fingerprint density at radius 3 is 2.53 bits per heavy atom. The smallest absolute Gasteiger partial charge is 0.339 e. The third-order valence-electron chi connectivity index (χ3n) is 6.02. The molecule has 0 aliphatic heterocycles. The number of pyridine rings is 1. The van der Waals surface area contributed by atoms with E-state index in [1.807, 2.05) is 54.6 Å². The van der Waals surface area contributed by atoms with Crippen molar-refractivity contribution >= 4 is 16.9 Å². The molecule has 0 saturated carbocycles. The summed E-state index contributed by atoms with van der Waals surface area (Å²) in [4.78, 5) is 18.1. The second-order valence-electron chi connectivity index (χ2n) is 9.03. The van der Waals surface area contributed by atoms with Crippen molar-refractivity contribution in [2.24, 2.45) is 11.3 Å². The molecule has 156 valence electrons. The van der Waals surface area contributed by atoms with E-state index in [9.17, 15) is 4.79 Å². The number of aromatic nitrogens is 1. The van der Waals surface area contributed by atoms with E-state index in [0.29, 0.717) is 18.1 Å². The molecule has 4 nitrogen and oxygen atoms in total. The standard InChI is InChI=1S/C26H29NO3/c1-26(2,3)18-13-14-23-21(17-18)24(20-11-7-8-12-22(20)27-23)25(28)30-16-15-29-19-9-5-4-6-10-19/h4-12,18H,13-17H2,1-3H3. The molecule has 1 heterocycles. The van der Waals surface area contributed by atoms with Crippen molar-refractivity contribution in [1.82, 2.24) is 4.98 Å². The molecule has 0 radical (unpaired) electrons. The first-order chi connectivity index (χ1) is 14.4. The molecule has 2 aromatic carbocycles. The number of para-hydroxylation sites is 2. The van der Waals surface area contributed by atoms with Gasteiger partial charge in [-0.15, -0.1) is 0 Å². The van der Waals surface area contributed by atoms with E-state index < -0.39 is 0 Å². The summed E-state index contributed by atoms with van der Waals surface area (Å²) in [6, 6.07) is 17.4. The van der Waals surface area contributed by atoms with E-state index in [1.165, 1.54) is 0 Å². The largest absolute Gasteiger partial charge is 0.490 e. The predicted molar refractivity (Wildman–Crippen MR) is 119 cm³/mol. The second-order valence-corrected chi connectivity index (χ2v) is 9.03. The predicted octanol–water partition coefficient (Wildman–Crippen LogP) is 5.62. The van der Waals surface area contributed by atoms with Gasteiger partial charge in [0.05, 0.1) is 11.1 Å². The van der Waals surface area contributed by atoms with Crippen LogP contribution in [0, 0.1) is 11.3 Å². The average molecular weight is 404 g/mol. The van der Waals surface area contributed by atoms with Crippen LogP contribution in [0.15, 0.2) is 54.6 Å². The van der Waals surface area contributed by atoms with Gasteiger partial charge in [0, 0.05) is 11.1 Å². The van der Waals surface area contributed by atoms with Crippen LogP contribution < -0.4 is 4.74 Å². The minimum Gasteiger partial charge on any atom is -0.490 e. The summed E-state index contributed by atoms with van der Waals surface area (Å²) in [5, 5.41) is 0.875. The lowest BCUT2D eigenvalue weighted by atomic mass is 9.70. The molecule has 30 heavy (non-hydrogen) atoms. The first-order valence-corrected chi connectivity index (χ1v) is 10.7. The molecular formula is C26H29NO3. The van der Waals surface area contributed by atoms with Crippen molar-refractivity contribution in [2.45, 2.75) is 40.0 Å². The Labute approximate surface area is 178 Å². The van der Waals surface area contributed by atoms with Crippen molar-refractivity contribution in [1.29, 1.82) is 0 Å². The molecule has 0 saturated heterocycles. The van der Waals surface area contributed by atoms with Crippen molar-refractivity contribution < 1.29 is 14.3 Å². The Balaban J connectivity index is 1.58. The highest BCUT2D eigenvalue weighted by Gasteiger charge is 2.33. The summed E-state index contributed by atoms with van der Waals surface area (Å²) in [7, 11) is 0. The van der Waals surface area contributed by atoms with E-state index in [1.54, 1.807) is 0 Å². The fourth-order valence-electron chi connectivity index (χ4n) is 4.24. The lowest BCUT2D eigenvalue weighted by molar-refractivity contribution is 0.0450. The second kappa shape index (κ2) is 8.47. The van der Waals surface area contributed by atoms with Crippen LogP contribution in [-0.2, 0) is 17.6 Å². The lowest BCUT2D eigenvalue weighted by Crippen LogP contribution is -2.29. The van der Waals surface area contributed by atoms with Crippen molar-refractivity contribution in [3.63, 3.8) is 0 Å². The van der Waals surface area contributed by atoms with E-state index in [2.05, 4.69) is 20.8 Å².